The van der Waals surface area contributed by atoms with Crippen molar-refractivity contribution in [3.63, 3.8) is 0 Å². The summed E-state index contributed by atoms with van der Waals surface area (Å²) in [6.07, 6.45) is 4.75. The number of alkyl carbamates (subject to hydrolysis) is 1. The second-order valence-corrected chi connectivity index (χ2v) is 14.3. The quantitative estimate of drug-likeness (QED) is 0.494. The van der Waals surface area contributed by atoms with Gasteiger partial charge in [0.05, 0.1) is 32.4 Å². The standard InChI is InChI=1S/C35H48N4O7/c1-35(2,3)30-32(40)39-20-23(19-28(39)33(41)43-4)45-31-25(12-7-5-6-10-22-18-29(22)46-34(42)37-30)26(21-38-14-16-44-17-15-38)24-11-8-9-13-27(24)36-31/h8-9,11,13,22-23,28-30H,5-7,10,12,14-21H2,1-4H3,(H,37,42). The fraction of sp³-hybridized carbons (Fsp3) is 0.657. The van der Waals surface area contributed by atoms with Crippen molar-refractivity contribution in [2.24, 2.45) is 11.3 Å². The SMILES string of the molecule is COC(=O)C1CC2CN1C(=O)C(C(C)(C)C)NC(=O)OC1CC1CCCCCc1c(nc3ccccc3c1CN1CCOCC1)O2. The minimum absolute atomic E-state index is 0.126. The van der Waals surface area contributed by atoms with Gasteiger partial charge in [0.1, 0.15) is 24.3 Å². The number of nitrogens with zero attached hydrogens (tertiary/aromatic N) is 3. The molecule has 0 radical (unpaired) electrons. The predicted octanol–water partition coefficient (Wildman–Crippen LogP) is 4.23. The van der Waals surface area contributed by atoms with Gasteiger partial charge in [0, 0.05) is 37.0 Å². The van der Waals surface area contributed by atoms with E-state index in [0.717, 1.165) is 74.6 Å². The lowest BCUT2D eigenvalue weighted by atomic mass is 9.85. The summed E-state index contributed by atoms with van der Waals surface area (Å²) in [4.78, 5) is 49.2. The molecule has 2 saturated heterocycles. The van der Waals surface area contributed by atoms with Crippen molar-refractivity contribution < 1.29 is 33.3 Å². The number of carbonyl (C=O) groups is 3. The number of amides is 2. The Morgan fingerprint density at radius 3 is 2.61 bits per heavy atom. The molecule has 2 bridgehead atoms. The molecule has 0 spiro atoms. The average molecular weight is 637 g/mol. The van der Waals surface area contributed by atoms with Crippen molar-refractivity contribution in [3.8, 4) is 5.88 Å². The molecule has 3 fully saturated rings. The molecule has 1 aliphatic carbocycles. The molecule has 2 aromatic rings. The van der Waals surface area contributed by atoms with E-state index >= 15 is 0 Å². The van der Waals surface area contributed by atoms with E-state index in [-0.39, 0.29) is 25.0 Å². The minimum Gasteiger partial charge on any atom is -0.472 e. The Labute approximate surface area is 271 Å². The van der Waals surface area contributed by atoms with E-state index in [2.05, 4.69) is 22.3 Å². The van der Waals surface area contributed by atoms with Gasteiger partial charge in [-0.1, -0.05) is 51.8 Å². The molecule has 5 atom stereocenters. The number of benzene rings is 1. The van der Waals surface area contributed by atoms with Crippen molar-refractivity contribution in [1.82, 2.24) is 20.1 Å². The Bertz CT molecular complexity index is 1440. The van der Waals surface area contributed by atoms with Crippen LogP contribution in [-0.4, -0.2) is 97.0 Å². The molecule has 46 heavy (non-hydrogen) atoms. The summed E-state index contributed by atoms with van der Waals surface area (Å²) in [5.41, 5.74) is 2.54. The topological polar surface area (TPSA) is 120 Å². The van der Waals surface area contributed by atoms with Gasteiger partial charge in [0.2, 0.25) is 11.8 Å². The van der Waals surface area contributed by atoms with E-state index in [1.165, 1.54) is 17.6 Å². The van der Waals surface area contributed by atoms with Gasteiger partial charge < -0.3 is 29.2 Å². The second-order valence-electron chi connectivity index (χ2n) is 14.3. The average Bonchev–Trinajstić information content (AvgIpc) is 3.63. The lowest BCUT2D eigenvalue weighted by Gasteiger charge is -2.34. The van der Waals surface area contributed by atoms with Gasteiger partial charge >= 0.3 is 12.1 Å². The predicted molar refractivity (Wildman–Crippen MR) is 171 cm³/mol. The summed E-state index contributed by atoms with van der Waals surface area (Å²) in [7, 11) is 1.32. The summed E-state index contributed by atoms with van der Waals surface area (Å²) in [6.45, 7) is 9.76. The van der Waals surface area contributed by atoms with E-state index in [1.807, 2.05) is 32.9 Å². The molecule has 11 nitrogen and oxygen atoms in total. The molecule has 4 heterocycles. The molecule has 1 aromatic heterocycles. The first-order valence-corrected chi connectivity index (χ1v) is 16.8. The van der Waals surface area contributed by atoms with Crippen molar-refractivity contribution >= 4 is 28.9 Å². The fourth-order valence-corrected chi connectivity index (χ4v) is 7.11. The third-order valence-electron chi connectivity index (χ3n) is 9.85. The van der Waals surface area contributed by atoms with Gasteiger partial charge in [-0.05, 0) is 48.6 Å². The van der Waals surface area contributed by atoms with Crippen LogP contribution in [0.4, 0.5) is 4.79 Å². The Balaban J connectivity index is 1.37. The number of pyridine rings is 1. The van der Waals surface area contributed by atoms with Crippen LogP contribution in [0.15, 0.2) is 24.3 Å². The first kappa shape index (κ1) is 32.5. The van der Waals surface area contributed by atoms with Crippen molar-refractivity contribution in [2.75, 3.05) is 40.0 Å². The number of fused-ring (bicyclic) bond motifs is 5. The first-order valence-electron chi connectivity index (χ1n) is 16.8. The number of aromatic nitrogens is 1. The zero-order valence-corrected chi connectivity index (χ0v) is 27.6. The van der Waals surface area contributed by atoms with Crippen LogP contribution >= 0.6 is 0 Å². The largest absolute Gasteiger partial charge is 0.472 e. The minimum atomic E-state index is -0.906. The van der Waals surface area contributed by atoms with E-state index in [1.54, 1.807) is 0 Å². The number of ether oxygens (including phenoxy) is 4. The number of hydrogen-bond donors (Lipinski definition) is 1. The zero-order chi connectivity index (χ0) is 32.4. The van der Waals surface area contributed by atoms with Crippen LogP contribution in [0.1, 0.15) is 70.4 Å². The number of rotatable bonds is 3. The molecule has 1 aromatic carbocycles. The molecule has 4 aliphatic rings. The molecule has 250 valence electrons. The number of esters is 1. The maximum Gasteiger partial charge on any atom is 0.408 e. The van der Waals surface area contributed by atoms with Crippen LogP contribution in [0.3, 0.4) is 0 Å². The summed E-state index contributed by atoms with van der Waals surface area (Å²) < 4.78 is 23.3. The summed E-state index contributed by atoms with van der Waals surface area (Å²) >= 11 is 0. The fourth-order valence-electron chi connectivity index (χ4n) is 7.11. The highest BCUT2D eigenvalue weighted by atomic mass is 16.6. The highest BCUT2D eigenvalue weighted by Gasteiger charge is 2.47. The van der Waals surface area contributed by atoms with Crippen LogP contribution in [0.5, 0.6) is 5.88 Å². The van der Waals surface area contributed by atoms with Crippen LogP contribution < -0.4 is 10.1 Å². The first-order chi connectivity index (χ1) is 22.1. The van der Waals surface area contributed by atoms with Crippen LogP contribution in [-0.2, 0) is 36.8 Å². The number of hydrogen-bond acceptors (Lipinski definition) is 9. The lowest BCUT2D eigenvalue weighted by molar-refractivity contribution is -0.152. The summed E-state index contributed by atoms with van der Waals surface area (Å²) in [6, 6.07) is 6.44. The molecule has 1 saturated carbocycles. The third kappa shape index (κ3) is 7.25. The maximum absolute atomic E-state index is 14.2. The molecule has 2 amide bonds. The zero-order valence-electron chi connectivity index (χ0n) is 27.6. The second kappa shape index (κ2) is 13.7. The Hall–Kier alpha value is -3.44. The highest BCUT2D eigenvalue weighted by Crippen LogP contribution is 2.39. The van der Waals surface area contributed by atoms with E-state index in [0.29, 0.717) is 25.0 Å². The number of para-hydroxylation sites is 1. The van der Waals surface area contributed by atoms with E-state index < -0.39 is 35.7 Å². The number of morpholine rings is 1. The van der Waals surface area contributed by atoms with Gasteiger partial charge in [-0.2, -0.15) is 0 Å². The molecular formula is C35H48N4O7. The van der Waals surface area contributed by atoms with Crippen LogP contribution in [0.2, 0.25) is 0 Å². The maximum atomic E-state index is 14.2. The monoisotopic (exact) mass is 636 g/mol. The lowest BCUT2D eigenvalue weighted by Crippen LogP contribution is -2.57. The summed E-state index contributed by atoms with van der Waals surface area (Å²) in [5, 5.41) is 3.96. The van der Waals surface area contributed by atoms with Gasteiger partial charge in [0.15, 0.2) is 0 Å². The van der Waals surface area contributed by atoms with Gasteiger partial charge in [-0.3, -0.25) is 9.69 Å². The molecule has 1 N–H and O–H groups in total. The molecule has 3 aliphatic heterocycles. The Morgan fingerprint density at radius 2 is 1.85 bits per heavy atom. The Morgan fingerprint density at radius 1 is 1.07 bits per heavy atom. The van der Waals surface area contributed by atoms with E-state index in [4.69, 9.17) is 23.9 Å². The molecule has 5 unspecified atom stereocenters. The molecule has 6 rings (SSSR count). The van der Waals surface area contributed by atoms with Gasteiger partial charge in [-0.25, -0.2) is 14.6 Å². The van der Waals surface area contributed by atoms with Gasteiger partial charge in [-0.15, -0.1) is 0 Å². The van der Waals surface area contributed by atoms with Crippen molar-refractivity contribution in [2.45, 2.75) is 96.6 Å². The van der Waals surface area contributed by atoms with Crippen molar-refractivity contribution in [1.29, 1.82) is 0 Å². The van der Waals surface area contributed by atoms with E-state index in [9.17, 15) is 14.4 Å². The van der Waals surface area contributed by atoms with Gasteiger partial charge in [0.25, 0.3) is 0 Å². The smallest absolute Gasteiger partial charge is 0.408 e. The Kier molecular flexibility index (Phi) is 9.70. The highest BCUT2D eigenvalue weighted by molar-refractivity contribution is 5.91. The number of carbonyl (C=O) groups excluding carboxylic acids is 3. The third-order valence-corrected chi connectivity index (χ3v) is 9.85. The normalized spacial score (nSPS) is 28.2. The van der Waals surface area contributed by atoms with Crippen LogP contribution in [0, 0.1) is 11.3 Å². The number of nitrogens with one attached hydrogen (secondary N) is 1. The molecular weight excluding hydrogens is 588 g/mol. The van der Waals surface area contributed by atoms with Crippen LogP contribution in [0.25, 0.3) is 10.9 Å². The van der Waals surface area contributed by atoms with Crippen molar-refractivity contribution in [3.05, 3.63) is 35.4 Å². The molecule has 11 heteroatoms. The summed E-state index contributed by atoms with van der Waals surface area (Å²) in [5.74, 6) is 0.0390. The number of methoxy groups -OCH3 is 1.